The molecule has 2 radical (unpaired) electrons. The van der Waals surface area contributed by atoms with Crippen LogP contribution in [-0.2, 0) is 0 Å². The highest BCUT2D eigenvalue weighted by atomic mass is 16.5. The molecule has 2 rings (SSSR count). The van der Waals surface area contributed by atoms with Crippen LogP contribution in [0.2, 0.25) is 0 Å². The minimum absolute atomic E-state index is 0.0127. The van der Waals surface area contributed by atoms with Gasteiger partial charge in [0.1, 0.15) is 6.20 Å². The lowest BCUT2D eigenvalue weighted by molar-refractivity contribution is 0.0691. The third-order valence-corrected chi connectivity index (χ3v) is 1.33. The summed E-state index contributed by atoms with van der Waals surface area (Å²) in [5, 5.41) is 11.9. The van der Waals surface area contributed by atoms with E-state index in [1.165, 1.54) is 0 Å². The number of hydrogen-bond acceptors (Lipinski definition) is 5. The molecule has 2 aromatic rings. The summed E-state index contributed by atoms with van der Waals surface area (Å²) in [6.45, 7) is 0. The second kappa shape index (κ2) is 2.74. The van der Waals surface area contributed by atoms with E-state index in [1.54, 1.807) is 0 Å². The van der Waals surface area contributed by atoms with Gasteiger partial charge in [-0.2, -0.15) is 0 Å². The standard InChI is InChI=1S/C7H2N2O4/c10-7(11)5-6(12-3-8-5)4-1-2-9-13-4/h3H,(H,10,11). The van der Waals surface area contributed by atoms with Gasteiger partial charge in [0.25, 0.3) is 0 Å². The van der Waals surface area contributed by atoms with Crippen LogP contribution >= 0.6 is 0 Å². The average molecular weight is 178 g/mol. The summed E-state index contributed by atoms with van der Waals surface area (Å²) in [5.74, 6) is -1.15. The molecule has 13 heavy (non-hydrogen) atoms. The second-order valence-corrected chi connectivity index (χ2v) is 2.08. The van der Waals surface area contributed by atoms with E-state index >= 15 is 0 Å². The van der Waals surface area contributed by atoms with Crippen LogP contribution in [0.1, 0.15) is 10.5 Å². The molecule has 0 unspecified atom stereocenters. The summed E-state index contributed by atoms with van der Waals surface area (Å²) < 4.78 is 9.40. The van der Waals surface area contributed by atoms with E-state index in [0.717, 1.165) is 6.39 Å². The maximum Gasteiger partial charge on any atom is 0.358 e. The van der Waals surface area contributed by atoms with Gasteiger partial charge in [-0.1, -0.05) is 5.16 Å². The molecule has 0 aliphatic heterocycles. The molecule has 0 bridgehead atoms. The lowest BCUT2D eigenvalue weighted by atomic mass is 10.3. The summed E-state index contributed by atoms with van der Waals surface area (Å²) in [6.07, 6.45) is 3.27. The first kappa shape index (κ1) is 7.53. The maximum atomic E-state index is 10.6. The molecule has 0 atom stereocenters. The second-order valence-electron chi connectivity index (χ2n) is 2.08. The molecule has 6 heteroatoms. The molecule has 0 aliphatic rings. The van der Waals surface area contributed by atoms with Crippen LogP contribution in [0.25, 0.3) is 11.5 Å². The molecular weight excluding hydrogens is 176 g/mol. The van der Waals surface area contributed by atoms with Crippen LogP contribution in [0.3, 0.4) is 0 Å². The van der Waals surface area contributed by atoms with Crippen molar-refractivity contribution in [1.29, 1.82) is 0 Å². The van der Waals surface area contributed by atoms with Gasteiger partial charge < -0.3 is 14.0 Å². The Hall–Kier alpha value is -2.11. The summed E-state index contributed by atoms with van der Waals surface area (Å²) in [5.41, 5.74) is -0.235. The first-order valence-electron chi connectivity index (χ1n) is 3.21. The van der Waals surface area contributed by atoms with E-state index < -0.39 is 5.97 Å². The van der Waals surface area contributed by atoms with E-state index in [0.29, 0.717) is 0 Å². The number of aromatic nitrogens is 2. The normalized spacial score (nSPS) is 10.2. The number of rotatable bonds is 2. The average Bonchev–Trinajstić information content (AvgIpc) is 2.74. The van der Waals surface area contributed by atoms with Crippen LogP contribution in [0, 0.1) is 12.3 Å². The van der Waals surface area contributed by atoms with Crippen molar-refractivity contribution in [3.8, 4) is 11.5 Å². The van der Waals surface area contributed by atoms with E-state index in [1.807, 2.05) is 0 Å². The first-order valence-corrected chi connectivity index (χ1v) is 3.21. The predicted molar refractivity (Wildman–Crippen MR) is 36.6 cm³/mol. The van der Waals surface area contributed by atoms with Crippen molar-refractivity contribution in [3.63, 3.8) is 0 Å². The lowest BCUT2D eigenvalue weighted by Crippen LogP contribution is -1.97. The molecule has 0 aliphatic carbocycles. The molecule has 0 spiro atoms. The summed E-state index contributed by atoms with van der Waals surface area (Å²) in [6, 6.07) is 2.43. The molecular formula is C7H2N2O4. The summed E-state index contributed by atoms with van der Waals surface area (Å²) in [4.78, 5) is 14.1. The van der Waals surface area contributed by atoms with Gasteiger partial charge in [-0.25, -0.2) is 9.78 Å². The zero-order valence-corrected chi connectivity index (χ0v) is 6.14. The van der Waals surface area contributed by atoms with Crippen molar-refractivity contribution < 1.29 is 18.8 Å². The molecule has 6 nitrogen and oxygen atoms in total. The minimum atomic E-state index is -1.20. The fourth-order valence-corrected chi connectivity index (χ4v) is 0.823. The quantitative estimate of drug-likeness (QED) is 0.725. The Morgan fingerprint density at radius 1 is 1.62 bits per heavy atom. The number of carboxylic acids is 1. The van der Waals surface area contributed by atoms with E-state index in [9.17, 15) is 4.79 Å². The zero-order valence-electron chi connectivity index (χ0n) is 6.14. The fourth-order valence-electron chi connectivity index (χ4n) is 0.823. The van der Waals surface area contributed by atoms with Crippen LogP contribution in [0.5, 0.6) is 0 Å². The van der Waals surface area contributed by atoms with Crippen molar-refractivity contribution in [2.75, 3.05) is 0 Å². The molecule has 64 valence electrons. The topological polar surface area (TPSA) is 89.4 Å². The molecule has 0 amide bonds. The highest BCUT2D eigenvalue weighted by Gasteiger charge is 2.19. The molecule has 0 aromatic carbocycles. The van der Waals surface area contributed by atoms with Gasteiger partial charge in [-0.3, -0.25) is 0 Å². The highest BCUT2D eigenvalue weighted by Crippen LogP contribution is 2.21. The first-order chi connectivity index (χ1) is 6.29. The number of hydrogen-bond donors (Lipinski definition) is 1. The Kier molecular flexibility index (Phi) is 1.59. The SMILES string of the molecule is O=C(O)c1ncoc1-c1[c][c]no1. The summed E-state index contributed by atoms with van der Waals surface area (Å²) in [7, 11) is 0. The zero-order chi connectivity index (χ0) is 9.26. The highest BCUT2D eigenvalue weighted by molar-refractivity contribution is 5.91. The Morgan fingerprint density at radius 3 is 3.08 bits per heavy atom. The Labute approximate surface area is 71.8 Å². The Bertz CT molecular complexity index is 417. The molecule has 2 aromatic heterocycles. The van der Waals surface area contributed by atoms with Crippen LogP contribution < -0.4 is 0 Å². The molecule has 1 N–H and O–H groups in total. The van der Waals surface area contributed by atoms with Crippen LogP contribution in [0.15, 0.2) is 15.3 Å². The van der Waals surface area contributed by atoms with Gasteiger partial charge in [-0.05, 0) is 0 Å². The number of aromatic carboxylic acids is 1. The van der Waals surface area contributed by atoms with Crippen molar-refractivity contribution in [3.05, 3.63) is 24.4 Å². The lowest BCUT2D eigenvalue weighted by Gasteiger charge is -1.88. The number of nitrogens with zero attached hydrogens (tertiary/aromatic N) is 2. The predicted octanol–water partition coefficient (Wildman–Crippen LogP) is 0.628. The fraction of sp³-hybridized carbons (Fsp3) is 0. The summed E-state index contributed by atoms with van der Waals surface area (Å²) >= 11 is 0. The molecule has 0 saturated carbocycles. The van der Waals surface area contributed by atoms with Gasteiger partial charge in [-0.15, -0.1) is 0 Å². The monoisotopic (exact) mass is 178 g/mol. The van der Waals surface area contributed by atoms with Crippen molar-refractivity contribution in [2.24, 2.45) is 0 Å². The number of oxazole rings is 1. The molecule has 2 heterocycles. The van der Waals surface area contributed by atoms with Gasteiger partial charge in [0.15, 0.2) is 12.1 Å². The molecule has 0 fully saturated rings. The van der Waals surface area contributed by atoms with Gasteiger partial charge in [0, 0.05) is 0 Å². The van der Waals surface area contributed by atoms with Gasteiger partial charge in [0.2, 0.25) is 11.5 Å². The number of carbonyl (C=O) groups is 1. The van der Waals surface area contributed by atoms with Crippen LogP contribution in [0.4, 0.5) is 0 Å². The minimum Gasteiger partial charge on any atom is -0.476 e. The van der Waals surface area contributed by atoms with Crippen molar-refractivity contribution in [1.82, 2.24) is 10.1 Å². The Morgan fingerprint density at radius 2 is 2.46 bits per heavy atom. The van der Waals surface area contributed by atoms with Crippen molar-refractivity contribution >= 4 is 5.97 Å². The smallest absolute Gasteiger partial charge is 0.358 e. The van der Waals surface area contributed by atoms with E-state index in [-0.39, 0.29) is 17.2 Å². The van der Waals surface area contributed by atoms with Crippen molar-refractivity contribution in [2.45, 2.75) is 0 Å². The number of carboxylic acid groups (broad SMARTS) is 1. The third kappa shape index (κ3) is 1.18. The maximum absolute atomic E-state index is 10.6. The van der Waals surface area contributed by atoms with E-state index in [4.69, 9.17) is 9.52 Å². The van der Waals surface area contributed by atoms with Gasteiger partial charge >= 0.3 is 5.97 Å². The van der Waals surface area contributed by atoms with E-state index in [2.05, 4.69) is 26.9 Å². The largest absolute Gasteiger partial charge is 0.476 e. The molecule has 0 saturated heterocycles. The Balaban J connectivity index is 2.52. The third-order valence-electron chi connectivity index (χ3n) is 1.33. The van der Waals surface area contributed by atoms with Gasteiger partial charge in [0.05, 0.1) is 6.07 Å². The van der Waals surface area contributed by atoms with Crippen LogP contribution in [-0.4, -0.2) is 21.2 Å².